The van der Waals surface area contributed by atoms with E-state index in [1.807, 2.05) is 0 Å². The third kappa shape index (κ3) is 2.66. The van der Waals surface area contributed by atoms with Crippen molar-refractivity contribution in [2.45, 2.75) is 19.8 Å². The monoisotopic (exact) mass is 290 g/mol. The predicted octanol–water partition coefficient (Wildman–Crippen LogP) is 2.18. The summed E-state index contributed by atoms with van der Waals surface area (Å²) in [7, 11) is 0. The lowest BCUT2D eigenvalue weighted by Gasteiger charge is -2.30. The fraction of sp³-hybridized carbons (Fsp3) is 0.467. The van der Waals surface area contributed by atoms with Crippen LogP contribution in [0.15, 0.2) is 22.8 Å². The summed E-state index contributed by atoms with van der Waals surface area (Å²) in [6, 6.07) is 3.51. The number of hydrogen-bond acceptors (Lipinski definition) is 4. The maximum absolute atomic E-state index is 12.4. The Bertz CT molecular complexity index is 621. The van der Waals surface area contributed by atoms with E-state index in [-0.39, 0.29) is 17.8 Å². The number of aromatic nitrogens is 1. The molecule has 0 aliphatic carbocycles. The van der Waals surface area contributed by atoms with Gasteiger partial charge in [-0.1, -0.05) is 0 Å². The van der Waals surface area contributed by atoms with Gasteiger partial charge in [0, 0.05) is 25.2 Å². The predicted molar refractivity (Wildman–Crippen MR) is 75.8 cm³/mol. The molecule has 0 radical (unpaired) electrons. The summed E-state index contributed by atoms with van der Waals surface area (Å²) in [6.07, 6.45) is 2.89. The van der Waals surface area contributed by atoms with Crippen LogP contribution in [-0.2, 0) is 9.53 Å². The van der Waals surface area contributed by atoms with E-state index in [1.54, 1.807) is 30.2 Å². The highest BCUT2D eigenvalue weighted by molar-refractivity contribution is 5.96. The van der Waals surface area contributed by atoms with Crippen LogP contribution in [0.3, 0.4) is 0 Å². The summed E-state index contributed by atoms with van der Waals surface area (Å²) >= 11 is 0. The van der Waals surface area contributed by atoms with Crippen LogP contribution < -0.4 is 0 Å². The van der Waals surface area contributed by atoms with Gasteiger partial charge in [0.2, 0.25) is 0 Å². The molecule has 1 saturated heterocycles. The third-order valence-electron chi connectivity index (χ3n) is 3.87. The molecule has 0 atom stereocenters. The second-order valence-corrected chi connectivity index (χ2v) is 5.20. The molecule has 6 nitrogen and oxygen atoms in total. The fourth-order valence-electron chi connectivity index (χ4n) is 2.71. The minimum atomic E-state index is -0.151. The standard InChI is InChI=1S/C15H18N2O4/c1-2-20-15(19)10-3-6-17(7-4-10)14(18)12-9-13-11(16-12)5-8-21-13/h5,8-10,16H,2-4,6-7H2,1H3. The molecular weight excluding hydrogens is 272 g/mol. The summed E-state index contributed by atoms with van der Waals surface area (Å²) in [5.41, 5.74) is 2.03. The van der Waals surface area contributed by atoms with Crippen molar-refractivity contribution < 1.29 is 18.7 Å². The maximum atomic E-state index is 12.4. The van der Waals surface area contributed by atoms with Crippen LogP contribution in [0.25, 0.3) is 11.1 Å². The van der Waals surface area contributed by atoms with Crippen molar-refractivity contribution >= 4 is 23.0 Å². The number of hydrogen-bond donors (Lipinski definition) is 1. The highest BCUT2D eigenvalue weighted by Gasteiger charge is 2.29. The van der Waals surface area contributed by atoms with E-state index in [4.69, 9.17) is 9.15 Å². The van der Waals surface area contributed by atoms with E-state index in [1.165, 1.54) is 0 Å². The lowest BCUT2D eigenvalue weighted by Crippen LogP contribution is -2.40. The van der Waals surface area contributed by atoms with Crippen molar-refractivity contribution in [3.63, 3.8) is 0 Å². The Labute approximate surface area is 122 Å². The van der Waals surface area contributed by atoms with Gasteiger partial charge in [-0.05, 0) is 19.8 Å². The van der Waals surface area contributed by atoms with E-state index in [0.717, 1.165) is 5.52 Å². The average molecular weight is 290 g/mol. The molecule has 0 aromatic carbocycles. The molecule has 0 unspecified atom stereocenters. The minimum Gasteiger partial charge on any atom is -0.466 e. The Morgan fingerprint density at radius 2 is 2.19 bits per heavy atom. The van der Waals surface area contributed by atoms with E-state index < -0.39 is 0 Å². The second-order valence-electron chi connectivity index (χ2n) is 5.20. The molecule has 2 aromatic rings. The first-order valence-electron chi connectivity index (χ1n) is 7.21. The molecule has 21 heavy (non-hydrogen) atoms. The quantitative estimate of drug-likeness (QED) is 0.879. The number of likely N-dealkylation sites (tertiary alicyclic amines) is 1. The van der Waals surface area contributed by atoms with Crippen molar-refractivity contribution in [2.75, 3.05) is 19.7 Å². The molecule has 0 saturated carbocycles. The number of ether oxygens (including phenoxy) is 1. The number of carbonyl (C=O) groups excluding carboxylic acids is 2. The average Bonchev–Trinajstić information content (AvgIpc) is 3.08. The zero-order chi connectivity index (χ0) is 14.8. The van der Waals surface area contributed by atoms with Gasteiger partial charge in [0.15, 0.2) is 5.58 Å². The van der Waals surface area contributed by atoms with Gasteiger partial charge in [0.05, 0.1) is 24.3 Å². The molecule has 1 aliphatic rings. The van der Waals surface area contributed by atoms with Crippen LogP contribution >= 0.6 is 0 Å². The molecule has 2 aromatic heterocycles. The van der Waals surface area contributed by atoms with Gasteiger partial charge in [0.25, 0.3) is 5.91 Å². The summed E-state index contributed by atoms with van der Waals surface area (Å²) in [6.45, 7) is 3.35. The zero-order valence-electron chi connectivity index (χ0n) is 11.9. The molecule has 0 bridgehead atoms. The number of piperidine rings is 1. The Hall–Kier alpha value is -2.24. The molecule has 112 valence electrons. The van der Waals surface area contributed by atoms with Gasteiger partial charge in [-0.15, -0.1) is 0 Å². The molecular formula is C15H18N2O4. The lowest BCUT2D eigenvalue weighted by atomic mass is 9.97. The molecule has 3 rings (SSSR count). The Balaban J connectivity index is 1.62. The van der Waals surface area contributed by atoms with E-state index in [0.29, 0.717) is 43.8 Å². The number of rotatable bonds is 3. The van der Waals surface area contributed by atoms with Gasteiger partial charge in [0.1, 0.15) is 5.69 Å². The van der Waals surface area contributed by atoms with Crippen molar-refractivity contribution in [3.05, 3.63) is 24.1 Å². The molecule has 1 N–H and O–H groups in total. The van der Waals surface area contributed by atoms with Crippen LogP contribution in [0, 0.1) is 5.92 Å². The normalized spacial score (nSPS) is 16.3. The van der Waals surface area contributed by atoms with Crippen molar-refractivity contribution in [2.24, 2.45) is 5.92 Å². The Morgan fingerprint density at radius 1 is 1.43 bits per heavy atom. The summed E-state index contributed by atoms with van der Waals surface area (Å²) in [4.78, 5) is 28.9. The molecule has 1 aliphatic heterocycles. The number of carbonyl (C=O) groups is 2. The number of H-pyrrole nitrogens is 1. The molecule has 1 amide bonds. The molecule has 3 heterocycles. The second kappa shape index (κ2) is 5.63. The van der Waals surface area contributed by atoms with Gasteiger partial charge in [-0.25, -0.2) is 0 Å². The third-order valence-corrected chi connectivity index (χ3v) is 3.87. The Kier molecular flexibility index (Phi) is 3.68. The zero-order valence-corrected chi connectivity index (χ0v) is 11.9. The van der Waals surface area contributed by atoms with Gasteiger partial charge >= 0.3 is 5.97 Å². The van der Waals surface area contributed by atoms with Gasteiger partial charge in [-0.3, -0.25) is 9.59 Å². The van der Waals surface area contributed by atoms with Gasteiger partial charge in [-0.2, -0.15) is 0 Å². The first-order chi connectivity index (χ1) is 10.2. The number of fused-ring (bicyclic) bond motifs is 1. The van der Waals surface area contributed by atoms with Crippen LogP contribution in [-0.4, -0.2) is 41.5 Å². The van der Waals surface area contributed by atoms with Crippen molar-refractivity contribution in [1.29, 1.82) is 0 Å². The van der Waals surface area contributed by atoms with Crippen LogP contribution in [0.5, 0.6) is 0 Å². The number of furan rings is 1. The number of nitrogens with one attached hydrogen (secondary N) is 1. The topological polar surface area (TPSA) is 75.5 Å². The first-order valence-corrected chi connectivity index (χ1v) is 7.21. The Morgan fingerprint density at radius 3 is 2.86 bits per heavy atom. The highest BCUT2D eigenvalue weighted by atomic mass is 16.5. The molecule has 1 fully saturated rings. The summed E-state index contributed by atoms with van der Waals surface area (Å²) < 4.78 is 10.3. The maximum Gasteiger partial charge on any atom is 0.309 e. The van der Waals surface area contributed by atoms with Crippen molar-refractivity contribution in [1.82, 2.24) is 9.88 Å². The largest absolute Gasteiger partial charge is 0.466 e. The summed E-state index contributed by atoms with van der Waals surface area (Å²) in [5, 5.41) is 0. The van der Waals surface area contributed by atoms with Gasteiger partial charge < -0.3 is 19.0 Å². The number of esters is 1. The minimum absolute atomic E-state index is 0.0521. The number of amides is 1. The SMILES string of the molecule is CCOC(=O)C1CCN(C(=O)c2cc3occc3[nH]2)CC1. The van der Waals surface area contributed by atoms with Crippen LogP contribution in [0.1, 0.15) is 30.3 Å². The lowest BCUT2D eigenvalue weighted by molar-refractivity contribution is -0.149. The van der Waals surface area contributed by atoms with Crippen LogP contribution in [0.2, 0.25) is 0 Å². The first kappa shape index (κ1) is 13.7. The molecule has 6 heteroatoms. The summed E-state index contributed by atoms with van der Waals surface area (Å²) in [5.74, 6) is -0.292. The fourth-order valence-corrected chi connectivity index (χ4v) is 2.71. The smallest absolute Gasteiger partial charge is 0.309 e. The van der Waals surface area contributed by atoms with E-state index >= 15 is 0 Å². The van der Waals surface area contributed by atoms with E-state index in [2.05, 4.69) is 4.98 Å². The molecule has 0 spiro atoms. The van der Waals surface area contributed by atoms with Crippen LogP contribution in [0.4, 0.5) is 0 Å². The van der Waals surface area contributed by atoms with Crippen molar-refractivity contribution in [3.8, 4) is 0 Å². The number of nitrogens with zero attached hydrogens (tertiary/aromatic N) is 1. The number of aromatic amines is 1. The highest BCUT2D eigenvalue weighted by Crippen LogP contribution is 2.22. The van der Waals surface area contributed by atoms with E-state index in [9.17, 15) is 9.59 Å².